The fraction of sp³-hybridized carbons (Fsp3) is 0.429. The Labute approximate surface area is 135 Å². The highest BCUT2D eigenvalue weighted by atomic mass is 19.4. The summed E-state index contributed by atoms with van der Waals surface area (Å²) in [4.78, 5) is 17.7. The van der Waals surface area contributed by atoms with Crippen molar-refractivity contribution in [2.24, 2.45) is 5.73 Å². The number of hydrogen-bond acceptors (Lipinski definition) is 5. The van der Waals surface area contributed by atoms with Gasteiger partial charge >= 0.3 is 6.18 Å². The quantitative estimate of drug-likeness (QED) is 0.888. The van der Waals surface area contributed by atoms with E-state index in [1.807, 2.05) is 0 Å². The zero-order valence-electron chi connectivity index (χ0n) is 12.6. The van der Waals surface area contributed by atoms with Crippen LogP contribution in [0.15, 0.2) is 24.5 Å². The second-order valence-electron chi connectivity index (χ2n) is 5.58. The number of pyridine rings is 1. The van der Waals surface area contributed by atoms with Crippen molar-refractivity contribution < 1.29 is 18.0 Å². The fourth-order valence-electron chi connectivity index (χ4n) is 2.43. The molecular formula is C14H15F3N6O. The molecule has 128 valence electrons. The van der Waals surface area contributed by atoms with Gasteiger partial charge in [-0.3, -0.25) is 4.79 Å². The molecule has 0 unspecified atom stereocenters. The molecule has 2 N–H and O–H groups in total. The van der Waals surface area contributed by atoms with Crippen molar-refractivity contribution in [2.45, 2.75) is 25.1 Å². The van der Waals surface area contributed by atoms with Crippen LogP contribution in [-0.4, -0.2) is 49.9 Å². The second-order valence-corrected chi connectivity index (χ2v) is 5.58. The minimum absolute atomic E-state index is 0.0982. The highest BCUT2D eigenvalue weighted by Gasteiger charge is 2.31. The van der Waals surface area contributed by atoms with E-state index in [2.05, 4.69) is 15.3 Å². The lowest BCUT2D eigenvalue weighted by Crippen LogP contribution is -2.43. The number of carbonyl (C=O) groups excluding carboxylic acids is 1. The highest BCUT2D eigenvalue weighted by molar-refractivity contribution is 5.92. The maximum atomic E-state index is 12.5. The summed E-state index contributed by atoms with van der Waals surface area (Å²) in [6, 6.07) is 2.17. The normalized spacial score (nSPS) is 16.4. The Morgan fingerprint density at radius 2 is 1.96 bits per heavy atom. The van der Waals surface area contributed by atoms with Gasteiger partial charge in [0.1, 0.15) is 0 Å². The highest BCUT2D eigenvalue weighted by Crippen LogP contribution is 2.28. The molecule has 0 aliphatic carbocycles. The van der Waals surface area contributed by atoms with Gasteiger partial charge in [0.15, 0.2) is 11.5 Å². The van der Waals surface area contributed by atoms with Gasteiger partial charge in [-0.2, -0.15) is 13.2 Å². The molecule has 1 saturated heterocycles. The largest absolute Gasteiger partial charge is 0.417 e. The zero-order chi connectivity index (χ0) is 17.3. The van der Waals surface area contributed by atoms with Crippen LogP contribution in [0.4, 0.5) is 13.2 Å². The van der Waals surface area contributed by atoms with E-state index in [0.29, 0.717) is 19.3 Å². The monoisotopic (exact) mass is 340 g/mol. The first-order valence-corrected chi connectivity index (χ1v) is 7.35. The molecule has 1 fully saturated rings. The summed E-state index contributed by atoms with van der Waals surface area (Å²) in [5.74, 6) is -0.129. The third-order valence-corrected chi connectivity index (χ3v) is 3.85. The fourth-order valence-corrected chi connectivity index (χ4v) is 2.43. The number of likely N-dealkylation sites (tertiary alicyclic amines) is 1. The van der Waals surface area contributed by atoms with Crippen molar-refractivity contribution in [3.63, 3.8) is 0 Å². The number of amides is 1. The van der Waals surface area contributed by atoms with Gasteiger partial charge in [0, 0.05) is 25.3 Å². The minimum atomic E-state index is -4.45. The standard InChI is InChI=1S/C14H15F3N6O/c15-14(16,17)9-1-2-12(19-7-9)23-8-11(20-21-23)13(24)22-5-3-10(18)4-6-22/h1-2,7-8,10H,3-6,18H2. The average molecular weight is 340 g/mol. The summed E-state index contributed by atoms with van der Waals surface area (Å²) in [6.45, 7) is 1.09. The first-order chi connectivity index (χ1) is 11.3. The maximum absolute atomic E-state index is 12.5. The van der Waals surface area contributed by atoms with Crippen molar-refractivity contribution in [1.29, 1.82) is 0 Å². The molecular weight excluding hydrogens is 325 g/mol. The molecule has 0 saturated carbocycles. The molecule has 2 aromatic heterocycles. The van der Waals surface area contributed by atoms with E-state index in [9.17, 15) is 18.0 Å². The molecule has 0 spiro atoms. The lowest BCUT2D eigenvalue weighted by Gasteiger charge is -2.29. The van der Waals surface area contributed by atoms with E-state index in [0.717, 1.165) is 18.9 Å². The van der Waals surface area contributed by atoms with Gasteiger partial charge in [-0.05, 0) is 25.0 Å². The second kappa shape index (κ2) is 6.19. The Morgan fingerprint density at radius 3 is 2.54 bits per heavy atom. The summed E-state index contributed by atoms with van der Waals surface area (Å²) >= 11 is 0. The maximum Gasteiger partial charge on any atom is 0.417 e. The number of hydrogen-bond donors (Lipinski definition) is 1. The van der Waals surface area contributed by atoms with Crippen molar-refractivity contribution in [2.75, 3.05) is 13.1 Å². The topological polar surface area (TPSA) is 89.9 Å². The predicted octanol–water partition coefficient (Wildman–Crippen LogP) is 1.24. The molecule has 0 radical (unpaired) electrons. The SMILES string of the molecule is NC1CCN(C(=O)c2cn(-c3ccc(C(F)(F)F)cn3)nn2)CC1. The van der Waals surface area contributed by atoms with Crippen LogP contribution in [0.1, 0.15) is 28.9 Å². The molecule has 1 aliphatic heterocycles. The molecule has 0 aromatic carbocycles. The third-order valence-electron chi connectivity index (χ3n) is 3.85. The Kier molecular flexibility index (Phi) is 4.22. The van der Waals surface area contributed by atoms with Gasteiger partial charge in [-0.25, -0.2) is 9.67 Å². The van der Waals surface area contributed by atoms with Crippen LogP contribution >= 0.6 is 0 Å². The van der Waals surface area contributed by atoms with E-state index in [-0.39, 0.29) is 23.5 Å². The van der Waals surface area contributed by atoms with Crippen LogP contribution in [0.3, 0.4) is 0 Å². The van der Waals surface area contributed by atoms with E-state index < -0.39 is 11.7 Å². The molecule has 7 nitrogen and oxygen atoms in total. The van der Waals surface area contributed by atoms with Crippen LogP contribution in [-0.2, 0) is 6.18 Å². The van der Waals surface area contributed by atoms with Gasteiger partial charge in [0.05, 0.1) is 11.8 Å². The summed E-state index contributed by atoms with van der Waals surface area (Å²) < 4.78 is 38.8. The Hall–Kier alpha value is -2.49. The van der Waals surface area contributed by atoms with Crippen LogP contribution in [0, 0.1) is 0 Å². The van der Waals surface area contributed by atoms with Gasteiger partial charge in [-0.1, -0.05) is 5.21 Å². The molecule has 3 rings (SSSR count). The van der Waals surface area contributed by atoms with Crippen molar-refractivity contribution in [1.82, 2.24) is 24.9 Å². The lowest BCUT2D eigenvalue weighted by atomic mass is 10.1. The van der Waals surface area contributed by atoms with Crippen molar-refractivity contribution in [3.8, 4) is 5.82 Å². The van der Waals surface area contributed by atoms with Crippen LogP contribution in [0.2, 0.25) is 0 Å². The van der Waals surface area contributed by atoms with Gasteiger partial charge < -0.3 is 10.6 Å². The van der Waals surface area contributed by atoms with Gasteiger partial charge in [-0.15, -0.1) is 5.10 Å². The van der Waals surface area contributed by atoms with Crippen LogP contribution < -0.4 is 5.73 Å². The summed E-state index contributed by atoms with van der Waals surface area (Å²) in [5, 5.41) is 7.55. The average Bonchev–Trinajstić information content (AvgIpc) is 3.04. The number of alkyl halides is 3. The van der Waals surface area contributed by atoms with E-state index in [4.69, 9.17) is 5.73 Å². The first kappa shape index (κ1) is 16.4. The number of nitrogens with two attached hydrogens (primary N) is 1. The van der Waals surface area contributed by atoms with E-state index >= 15 is 0 Å². The third kappa shape index (κ3) is 3.37. The molecule has 1 amide bonds. The molecule has 10 heteroatoms. The number of piperidine rings is 1. The van der Waals surface area contributed by atoms with E-state index in [1.165, 1.54) is 16.9 Å². The Balaban J connectivity index is 1.74. The van der Waals surface area contributed by atoms with Gasteiger partial charge in [0.2, 0.25) is 0 Å². The number of aromatic nitrogens is 4. The summed E-state index contributed by atoms with van der Waals surface area (Å²) in [7, 11) is 0. The number of carbonyl (C=O) groups is 1. The van der Waals surface area contributed by atoms with Crippen molar-refractivity contribution >= 4 is 5.91 Å². The smallest absolute Gasteiger partial charge is 0.337 e. The number of nitrogens with zero attached hydrogens (tertiary/aromatic N) is 5. The summed E-state index contributed by atoms with van der Waals surface area (Å²) in [5.41, 5.74) is 5.06. The minimum Gasteiger partial charge on any atom is -0.337 e. The zero-order valence-corrected chi connectivity index (χ0v) is 12.6. The Morgan fingerprint density at radius 1 is 1.25 bits per heavy atom. The first-order valence-electron chi connectivity index (χ1n) is 7.35. The molecule has 0 bridgehead atoms. The molecule has 3 heterocycles. The molecule has 1 aliphatic rings. The molecule has 2 aromatic rings. The molecule has 0 atom stereocenters. The Bertz CT molecular complexity index is 719. The number of rotatable bonds is 2. The van der Waals surface area contributed by atoms with Crippen LogP contribution in [0.5, 0.6) is 0 Å². The van der Waals surface area contributed by atoms with E-state index in [1.54, 1.807) is 4.90 Å². The lowest BCUT2D eigenvalue weighted by molar-refractivity contribution is -0.137. The molecule has 24 heavy (non-hydrogen) atoms. The number of halogens is 3. The predicted molar refractivity (Wildman–Crippen MR) is 77.3 cm³/mol. The summed E-state index contributed by atoms with van der Waals surface area (Å²) in [6.07, 6.45) is -0.943. The van der Waals surface area contributed by atoms with Crippen molar-refractivity contribution in [3.05, 3.63) is 35.8 Å². The van der Waals surface area contributed by atoms with Crippen LogP contribution in [0.25, 0.3) is 5.82 Å². The van der Waals surface area contributed by atoms with Gasteiger partial charge in [0.25, 0.3) is 5.91 Å².